The topological polar surface area (TPSA) is 142 Å². The number of carbonyl (C=O) groups is 3. The minimum absolute atomic E-state index is 0.0182. The zero-order valence-electron chi connectivity index (χ0n) is 25.6. The Hall–Kier alpha value is -3.91. The summed E-state index contributed by atoms with van der Waals surface area (Å²) in [5, 5.41) is 17.4. The van der Waals surface area contributed by atoms with Crippen LogP contribution >= 0.6 is 11.3 Å². The van der Waals surface area contributed by atoms with Gasteiger partial charge in [0.1, 0.15) is 33.4 Å². The lowest BCUT2D eigenvalue weighted by atomic mass is 9.49. The molecule has 44 heavy (non-hydrogen) atoms. The molecule has 0 radical (unpaired) electrons. The lowest BCUT2D eigenvalue weighted by molar-refractivity contribution is -0.117. The second kappa shape index (κ2) is 11.9. The van der Waals surface area contributed by atoms with Crippen LogP contribution in [0.5, 0.6) is 5.75 Å². The molecular formula is C28H35B3N8O4S. The number of hydrogen-bond acceptors (Lipinski definition) is 10. The van der Waals surface area contributed by atoms with Crippen molar-refractivity contribution in [3.05, 3.63) is 41.0 Å². The number of amides is 3. The van der Waals surface area contributed by atoms with Crippen molar-refractivity contribution in [3.63, 3.8) is 0 Å². The highest BCUT2D eigenvalue weighted by atomic mass is 32.1. The van der Waals surface area contributed by atoms with Crippen molar-refractivity contribution < 1.29 is 19.1 Å². The van der Waals surface area contributed by atoms with Gasteiger partial charge in [-0.05, 0) is 50.1 Å². The van der Waals surface area contributed by atoms with Crippen molar-refractivity contribution in [3.8, 4) is 16.3 Å². The number of piperazine rings is 1. The van der Waals surface area contributed by atoms with Gasteiger partial charge in [0.2, 0.25) is 5.91 Å². The molecule has 1 saturated carbocycles. The lowest BCUT2D eigenvalue weighted by Gasteiger charge is -2.39. The Bertz CT molecular complexity index is 1600. The average molecular weight is 612 g/mol. The highest BCUT2D eigenvalue weighted by molar-refractivity contribution is 7.17. The van der Waals surface area contributed by atoms with Crippen LogP contribution in [0.3, 0.4) is 0 Å². The molecule has 3 N–H and O–H groups in total. The Morgan fingerprint density at radius 3 is 2.43 bits per heavy atom. The van der Waals surface area contributed by atoms with Gasteiger partial charge in [-0.15, -0.1) is 21.5 Å². The normalized spacial score (nSPS) is 19.8. The first-order chi connectivity index (χ1) is 21.0. The molecule has 12 nitrogen and oxygen atoms in total. The van der Waals surface area contributed by atoms with Gasteiger partial charge in [-0.3, -0.25) is 14.4 Å². The van der Waals surface area contributed by atoms with Gasteiger partial charge in [0.15, 0.2) is 17.3 Å². The maximum atomic E-state index is 13.6. The van der Waals surface area contributed by atoms with Crippen LogP contribution in [-0.4, -0.2) is 111 Å². The molecule has 2 atom stereocenters. The van der Waals surface area contributed by atoms with Crippen LogP contribution < -0.4 is 20.7 Å². The number of fused-ring (bicyclic) bond motifs is 2. The van der Waals surface area contributed by atoms with E-state index in [1.807, 2.05) is 46.6 Å². The zero-order valence-corrected chi connectivity index (χ0v) is 26.5. The van der Waals surface area contributed by atoms with E-state index >= 15 is 0 Å². The summed E-state index contributed by atoms with van der Waals surface area (Å²) in [6, 6.07) is 7.62. The van der Waals surface area contributed by atoms with Crippen molar-refractivity contribution in [2.75, 3.05) is 37.9 Å². The molecule has 2 unspecified atom stereocenters. The minimum Gasteiger partial charge on any atom is -0.494 e. The Morgan fingerprint density at radius 2 is 1.77 bits per heavy atom. The molecule has 3 aromatic rings. The highest BCUT2D eigenvalue weighted by Gasteiger charge is 2.42. The van der Waals surface area contributed by atoms with Crippen molar-refractivity contribution in [1.82, 2.24) is 30.3 Å². The summed E-state index contributed by atoms with van der Waals surface area (Å²) in [7, 11) is 9.31. The Kier molecular flexibility index (Phi) is 8.14. The number of para-hydroxylation sites is 1. The maximum absolute atomic E-state index is 13.6. The van der Waals surface area contributed by atoms with Gasteiger partial charge in [-0.25, -0.2) is 4.98 Å². The molecule has 2 saturated heterocycles. The van der Waals surface area contributed by atoms with Gasteiger partial charge < -0.3 is 30.5 Å². The van der Waals surface area contributed by atoms with Crippen LogP contribution in [0.1, 0.15) is 45.8 Å². The maximum Gasteiger partial charge on any atom is 0.272 e. The second-order valence-electron chi connectivity index (χ2n) is 12.8. The largest absolute Gasteiger partial charge is 0.494 e. The molecule has 2 aliphatic heterocycles. The molecule has 3 fully saturated rings. The number of likely N-dealkylation sites (N-methyl/N-ethyl adjacent to an activating group) is 1. The second-order valence-corrected chi connectivity index (χ2v) is 13.8. The van der Waals surface area contributed by atoms with Gasteiger partial charge in [0, 0.05) is 37.2 Å². The molecule has 226 valence electrons. The van der Waals surface area contributed by atoms with Gasteiger partial charge in [0.05, 0.1) is 30.2 Å². The van der Waals surface area contributed by atoms with E-state index in [1.54, 1.807) is 19.4 Å². The number of anilines is 3. The van der Waals surface area contributed by atoms with Crippen LogP contribution in [0, 0.1) is 5.92 Å². The predicted molar refractivity (Wildman–Crippen MR) is 177 cm³/mol. The number of benzene rings is 1. The van der Waals surface area contributed by atoms with Gasteiger partial charge in [0.25, 0.3) is 11.8 Å². The fraction of sp³-hybridized carbons (Fsp3) is 0.429. The SMILES string of the molecule is BC(B)(B)NC(=O)c1nnc(NC(=O)C2CC2)cc1Nc1cccc(-c2ncc(C(=O)N3C4CCC3CN(C)C4)s2)c1OC. The summed E-state index contributed by atoms with van der Waals surface area (Å²) in [5.41, 5.74) is 1.68. The van der Waals surface area contributed by atoms with Gasteiger partial charge in [-0.2, -0.15) is 0 Å². The summed E-state index contributed by atoms with van der Waals surface area (Å²) in [5.74, 6) is 0.214. The molecular weight excluding hydrogens is 577 g/mol. The van der Waals surface area contributed by atoms with Gasteiger partial charge in [-0.1, -0.05) is 6.07 Å². The number of nitrogens with one attached hydrogen (secondary N) is 3. The van der Waals surface area contributed by atoms with E-state index < -0.39 is 11.1 Å². The smallest absolute Gasteiger partial charge is 0.272 e. The first kappa shape index (κ1) is 30.1. The number of rotatable bonds is 9. The van der Waals surface area contributed by atoms with E-state index in [0.29, 0.717) is 32.6 Å². The summed E-state index contributed by atoms with van der Waals surface area (Å²) in [6.45, 7) is 1.78. The van der Waals surface area contributed by atoms with Crippen molar-refractivity contribution >= 4 is 69.8 Å². The molecule has 1 aromatic carbocycles. The van der Waals surface area contributed by atoms with Crippen LogP contribution in [0.2, 0.25) is 0 Å². The third-order valence-corrected chi connectivity index (χ3v) is 9.05. The number of thiazole rings is 1. The first-order valence-electron chi connectivity index (χ1n) is 14.9. The van der Waals surface area contributed by atoms with Crippen molar-refractivity contribution in [1.29, 1.82) is 0 Å². The van der Waals surface area contributed by atoms with Crippen molar-refractivity contribution in [2.24, 2.45) is 5.92 Å². The third-order valence-electron chi connectivity index (χ3n) is 8.03. The lowest BCUT2D eigenvalue weighted by Crippen LogP contribution is -2.54. The number of carbonyl (C=O) groups excluding carboxylic acids is 3. The standard InChI is InChI=1S/C28H35B3N8O4S/c1-38-12-15-8-9-16(13-38)39(15)27(42)20-11-32-26(44-20)17-4-3-5-18(23(17)43-2)33-19-10-21(34-24(40)14-6-7-14)36-37-22(19)25(41)35-28(29,30)31/h3-5,10-11,14-16H,6-9,12-13,29-31H2,1-2H3,(H,35,41)(H2,33,34,36,40). The third kappa shape index (κ3) is 6.32. The number of nitrogens with zero attached hydrogens (tertiary/aromatic N) is 5. The highest BCUT2D eigenvalue weighted by Crippen LogP contribution is 2.41. The number of methoxy groups -OCH3 is 1. The minimum atomic E-state index is -0.504. The summed E-state index contributed by atoms with van der Waals surface area (Å²) in [4.78, 5) is 48.8. The molecule has 1 aliphatic carbocycles. The average Bonchev–Trinajstić information content (AvgIpc) is 3.64. The number of ether oxygens (including phenoxy) is 1. The van der Waals surface area contributed by atoms with Crippen LogP contribution in [-0.2, 0) is 4.79 Å². The predicted octanol–water partition coefficient (Wildman–Crippen LogP) is -0.140. The molecule has 16 heteroatoms. The van der Waals surface area contributed by atoms with Crippen LogP contribution in [0.4, 0.5) is 17.2 Å². The van der Waals surface area contributed by atoms with E-state index in [4.69, 9.17) is 4.74 Å². The number of aromatic nitrogens is 3. The van der Waals surface area contributed by atoms with E-state index in [9.17, 15) is 14.4 Å². The fourth-order valence-corrected chi connectivity index (χ4v) is 6.81. The molecule has 2 aromatic heterocycles. The van der Waals surface area contributed by atoms with E-state index in [0.717, 1.165) is 38.8 Å². The molecule has 0 spiro atoms. The quantitative estimate of drug-likeness (QED) is 0.282. The number of likely N-dealkylation sites (tertiary alicyclic amines) is 1. The fourth-order valence-electron chi connectivity index (χ4n) is 5.93. The monoisotopic (exact) mass is 612 g/mol. The summed E-state index contributed by atoms with van der Waals surface area (Å²) < 4.78 is 5.86. The Morgan fingerprint density at radius 1 is 1.05 bits per heavy atom. The molecule has 3 amide bonds. The van der Waals surface area contributed by atoms with Crippen LogP contribution in [0.15, 0.2) is 30.5 Å². The zero-order chi connectivity index (χ0) is 31.2. The van der Waals surface area contributed by atoms with Crippen molar-refractivity contribution in [2.45, 2.75) is 43.0 Å². The Labute approximate surface area is 262 Å². The summed E-state index contributed by atoms with van der Waals surface area (Å²) >= 11 is 1.34. The van der Waals surface area contributed by atoms with E-state index in [-0.39, 0.29) is 41.3 Å². The molecule has 4 heterocycles. The molecule has 3 aliphatic rings. The molecule has 6 rings (SSSR count). The van der Waals surface area contributed by atoms with Gasteiger partial charge >= 0.3 is 0 Å². The van der Waals surface area contributed by atoms with Crippen LogP contribution in [0.25, 0.3) is 10.6 Å². The van der Waals surface area contributed by atoms with E-state index in [2.05, 4.69) is 43.1 Å². The molecule has 2 bridgehead atoms. The number of hydrogen-bond donors (Lipinski definition) is 3. The summed E-state index contributed by atoms with van der Waals surface area (Å²) in [6.07, 6.45) is 5.40. The Balaban J connectivity index is 1.29. The van der Waals surface area contributed by atoms with E-state index in [1.165, 1.54) is 11.3 Å². The first-order valence-corrected chi connectivity index (χ1v) is 15.7.